The minimum Gasteiger partial charge on any atom is -0.480 e. The lowest BCUT2D eigenvalue weighted by molar-refractivity contribution is -0.139. The van der Waals surface area contributed by atoms with Gasteiger partial charge in [0.2, 0.25) is 0 Å². The number of rotatable bonds is 5. The Morgan fingerprint density at radius 3 is 2.63 bits per heavy atom. The highest BCUT2D eigenvalue weighted by Gasteiger charge is 2.19. The molecule has 0 unspecified atom stereocenters. The molecule has 19 heavy (non-hydrogen) atoms. The number of hydrogen-bond acceptors (Lipinski definition) is 3. The molecular formula is C11H12ClFN2O4. The molecule has 6 nitrogen and oxygen atoms in total. The van der Waals surface area contributed by atoms with Gasteiger partial charge in [0.1, 0.15) is 11.9 Å². The molecule has 4 N–H and O–H groups in total. The number of aliphatic hydroxyl groups excluding tert-OH is 1. The molecule has 1 aromatic rings. The molecule has 0 aliphatic rings. The van der Waals surface area contributed by atoms with Crippen molar-refractivity contribution in [3.8, 4) is 0 Å². The molecule has 0 radical (unpaired) electrons. The summed E-state index contributed by atoms with van der Waals surface area (Å²) in [5, 5.41) is 21.7. The molecule has 1 aromatic carbocycles. The molecule has 0 heterocycles. The maximum Gasteiger partial charge on any atom is 0.326 e. The monoisotopic (exact) mass is 290 g/mol. The number of urea groups is 1. The molecule has 0 aliphatic carbocycles. The van der Waals surface area contributed by atoms with E-state index in [0.717, 1.165) is 6.07 Å². The summed E-state index contributed by atoms with van der Waals surface area (Å²) < 4.78 is 12.9. The van der Waals surface area contributed by atoms with Crippen LogP contribution >= 0.6 is 11.6 Å². The summed E-state index contributed by atoms with van der Waals surface area (Å²) in [6, 6.07) is 1.55. The van der Waals surface area contributed by atoms with Gasteiger partial charge in [-0.05, 0) is 18.2 Å². The van der Waals surface area contributed by atoms with E-state index in [-0.39, 0.29) is 23.7 Å². The van der Waals surface area contributed by atoms with Gasteiger partial charge in [-0.25, -0.2) is 14.0 Å². The summed E-state index contributed by atoms with van der Waals surface area (Å²) in [5.74, 6) is -1.89. The van der Waals surface area contributed by atoms with Gasteiger partial charge in [-0.1, -0.05) is 11.6 Å². The summed E-state index contributed by atoms with van der Waals surface area (Å²) in [4.78, 5) is 22.2. The largest absolute Gasteiger partial charge is 0.480 e. The number of hydrogen-bond donors (Lipinski definition) is 4. The smallest absolute Gasteiger partial charge is 0.326 e. The fourth-order valence-corrected chi connectivity index (χ4v) is 1.47. The Balaban J connectivity index is 2.63. The van der Waals surface area contributed by atoms with Gasteiger partial charge in [0.05, 0.1) is 5.02 Å². The minimum atomic E-state index is -1.26. The number of carbonyl (C=O) groups is 2. The summed E-state index contributed by atoms with van der Waals surface area (Å²) >= 11 is 5.53. The number of carboxylic acids is 1. The van der Waals surface area contributed by atoms with Gasteiger partial charge >= 0.3 is 12.0 Å². The molecule has 0 aromatic heterocycles. The second-order valence-corrected chi connectivity index (χ2v) is 4.04. The molecule has 8 heteroatoms. The number of benzene rings is 1. The number of anilines is 1. The zero-order chi connectivity index (χ0) is 14.4. The maximum atomic E-state index is 12.9. The van der Waals surface area contributed by atoms with Gasteiger partial charge in [-0.2, -0.15) is 0 Å². The topological polar surface area (TPSA) is 98.7 Å². The second-order valence-electron chi connectivity index (χ2n) is 3.63. The average Bonchev–Trinajstić information content (AvgIpc) is 2.33. The predicted octanol–water partition coefficient (Wildman–Crippen LogP) is 1.44. The first-order chi connectivity index (χ1) is 8.93. The fourth-order valence-electron chi connectivity index (χ4n) is 1.29. The molecule has 104 valence electrons. The van der Waals surface area contributed by atoms with Crippen LogP contribution in [0, 0.1) is 5.82 Å². The van der Waals surface area contributed by atoms with Crippen LogP contribution in [0.25, 0.3) is 0 Å². The van der Waals surface area contributed by atoms with Gasteiger partial charge in [0.25, 0.3) is 0 Å². The van der Waals surface area contributed by atoms with Gasteiger partial charge in [0.15, 0.2) is 0 Å². The van der Waals surface area contributed by atoms with Crippen molar-refractivity contribution in [2.24, 2.45) is 0 Å². The van der Waals surface area contributed by atoms with Crippen LogP contribution in [0.2, 0.25) is 5.02 Å². The summed E-state index contributed by atoms with van der Waals surface area (Å²) in [6.45, 7) is -0.375. The number of carbonyl (C=O) groups excluding carboxylic acids is 1. The Hall–Kier alpha value is -1.86. The number of amides is 2. The Bertz CT molecular complexity index is 484. The van der Waals surface area contributed by atoms with Gasteiger partial charge in [-0.15, -0.1) is 0 Å². The molecule has 0 spiro atoms. The van der Waals surface area contributed by atoms with Crippen LogP contribution in [0.3, 0.4) is 0 Å². The number of carboxylic acid groups (broad SMARTS) is 1. The Labute approximate surface area is 113 Å². The highest BCUT2D eigenvalue weighted by atomic mass is 35.5. The third-order valence-corrected chi connectivity index (χ3v) is 2.49. The summed E-state index contributed by atoms with van der Waals surface area (Å²) in [6.07, 6.45) is -0.118. The molecule has 0 saturated carbocycles. The minimum absolute atomic E-state index is 0.118. The third-order valence-electron chi connectivity index (χ3n) is 2.20. The molecule has 0 aliphatic heterocycles. The zero-order valence-electron chi connectivity index (χ0n) is 9.69. The molecule has 1 rings (SSSR count). The molecule has 0 saturated heterocycles. The van der Waals surface area contributed by atoms with E-state index in [9.17, 15) is 14.0 Å². The standard InChI is InChI=1S/C11H12ClFN2O4/c12-7-5-6(1-2-8(7)13)14-11(19)15-9(3-4-16)10(17)18/h1-2,5,9,16H,3-4H2,(H,17,18)(H2,14,15,19)/t9-/m1/s1. The van der Waals surface area contributed by atoms with E-state index in [2.05, 4.69) is 10.6 Å². The van der Waals surface area contributed by atoms with Crippen LogP contribution in [0.5, 0.6) is 0 Å². The maximum absolute atomic E-state index is 12.9. The van der Waals surface area contributed by atoms with E-state index < -0.39 is 23.9 Å². The van der Waals surface area contributed by atoms with E-state index in [1.54, 1.807) is 0 Å². The van der Waals surface area contributed by atoms with E-state index in [4.69, 9.17) is 21.8 Å². The van der Waals surface area contributed by atoms with Crippen LogP contribution in [0.4, 0.5) is 14.9 Å². The second kappa shape index (κ2) is 6.91. The van der Waals surface area contributed by atoms with Crippen molar-refractivity contribution in [1.29, 1.82) is 0 Å². The number of aliphatic hydroxyl groups is 1. The predicted molar refractivity (Wildman–Crippen MR) is 66.7 cm³/mol. The Morgan fingerprint density at radius 2 is 2.11 bits per heavy atom. The van der Waals surface area contributed by atoms with Crippen molar-refractivity contribution in [3.63, 3.8) is 0 Å². The number of nitrogens with one attached hydrogen (secondary N) is 2. The fraction of sp³-hybridized carbons (Fsp3) is 0.273. The van der Waals surface area contributed by atoms with Crippen LogP contribution in [-0.2, 0) is 4.79 Å². The lowest BCUT2D eigenvalue weighted by Gasteiger charge is -2.14. The molecule has 0 fully saturated rings. The van der Waals surface area contributed by atoms with E-state index >= 15 is 0 Å². The van der Waals surface area contributed by atoms with Gasteiger partial charge in [0, 0.05) is 18.7 Å². The molecule has 1 atom stereocenters. The van der Waals surface area contributed by atoms with Crippen molar-refractivity contribution in [2.75, 3.05) is 11.9 Å². The van der Waals surface area contributed by atoms with E-state index in [1.165, 1.54) is 12.1 Å². The summed E-state index contributed by atoms with van der Waals surface area (Å²) in [7, 11) is 0. The van der Waals surface area contributed by atoms with Crippen molar-refractivity contribution < 1.29 is 24.2 Å². The Kier molecular flexibility index (Phi) is 5.53. The van der Waals surface area contributed by atoms with Gasteiger partial charge in [-0.3, -0.25) is 0 Å². The number of halogens is 2. The zero-order valence-corrected chi connectivity index (χ0v) is 10.4. The van der Waals surface area contributed by atoms with Crippen molar-refractivity contribution in [3.05, 3.63) is 29.0 Å². The SMILES string of the molecule is O=C(Nc1ccc(F)c(Cl)c1)N[C@H](CCO)C(=O)O. The first-order valence-electron chi connectivity index (χ1n) is 5.30. The normalized spacial score (nSPS) is 11.7. The average molecular weight is 291 g/mol. The van der Waals surface area contributed by atoms with Crippen LogP contribution in [0.15, 0.2) is 18.2 Å². The third kappa shape index (κ3) is 4.72. The lowest BCUT2D eigenvalue weighted by atomic mass is 10.2. The van der Waals surface area contributed by atoms with E-state index in [1.807, 2.05) is 0 Å². The van der Waals surface area contributed by atoms with Gasteiger partial charge < -0.3 is 20.8 Å². The first-order valence-corrected chi connectivity index (χ1v) is 5.68. The van der Waals surface area contributed by atoms with Crippen LogP contribution < -0.4 is 10.6 Å². The first kappa shape index (κ1) is 15.2. The number of aliphatic carboxylic acids is 1. The Morgan fingerprint density at radius 1 is 1.42 bits per heavy atom. The van der Waals surface area contributed by atoms with Crippen molar-refractivity contribution in [2.45, 2.75) is 12.5 Å². The van der Waals surface area contributed by atoms with Crippen LogP contribution in [0.1, 0.15) is 6.42 Å². The van der Waals surface area contributed by atoms with Crippen LogP contribution in [-0.4, -0.2) is 34.9 Å². The van der Waals surface area contributed by atoms with Crippen molar-refractivity contribution >= 4 is 29.3 Å². The highest BCUT2D eigenvalue weighted by molar-refractivity contribution is 6.31. The highest BCUT2D eigenvalue weighted by Crippen LogP contribution is 2.19. The molecule has 2 amide bonds. The van der Waals surface area contributed by atoms with E-state index in [0.29, 0.717) is 0 Å². The lowest BCUT2D eigenvalue weighted by Crippen LogP contribution is -2.43. The molecular weight excluding hydrogens is 279 g/mol. The quantitative estimate of drug-likeness (QED) is 0.659. The summed E-state index contributed by atoms with van der Waals surface area (Å²) in [5.41, 5.74) is 0.219. The molecule has 0 bridgehead atoms. The van der Waals surface area contributed by atoms with Crippen molar-refractivity contribution in [1.82, 2.24) is 5.32 Å².